The quantitative estimate of drug-likeness (QED) is 0.843. The normalized spacial score (nSPS) is 13.0. The third kappa shape index (κ3) is 4.24. The summed E-state index contributed by atoms with van der Waals surface area (Å²) in [4.78, 5) is 12.1. The van der Waals surface area contributed by atoms with Crippen LogP contribution in [0.15, 0.2) is 65.0 Å². The van der Waals surface area contributed by atoms with Gasteiger partial charge in [0.15, 0.2) is 0 Å². The fourth-order valence-corrected chi connectivity index (χ4v) is 2.19. The van der Waals surface area contributed by atoms with Crippen molar-refractivity contribution in [3.8, 4) is 5.75 Å². The lowest BCUT2D eigenvalue weighted by molar-refractivity contribution is -0.132. The molecule has 0 heterocycles. The van der Waals surface area contributed by atoms with Gasteiger partial charge < -0.3 is 4.74 Å². The Hall–Kier alpha value is -2.51. The van der Waals surface area contributed by atoms with E-state index in [1.807, 2.05) is 6.07 Å². The van der Waals surface area contributed by atoms with Crippen LogP contribution in [-0.2, 0) is 21.7 Å². The van der Waals surface area contributed by atoms with Crippen LogP contribution in [0, 0.1) is 0 Å². The Morgan fingerprint density at radius 2 is 1.59 bits per heavy atom. The first-order chi connectivity index (χ1) is 10.5. The Labute approximate surface area is 129 Å². The summed E-state index contributed by atoms with van der Waals surface area (Å²) in [5, 5.41) is 0. The van der Waals surface area contributed by atoms with Gasteiger partial charge in [-0.3, -0.25) is 10.5 Å². The molecule has 0 aliphatic rings. The summed E-state index contributed by atoms with van der Waals surface area (Å²) in [6.45, 7) is 0. The van der Waals surface area contributed by atoms with Crippen LogP contribution in [0.2, 0.25) is 0 Å². The lowest BCUT2D eigenvalue weighted by Gasteiger charge is -2.26. The number of ether oxygens (including phenoxy) is 1. The van der Waals surface area contributed by atoms with Crippen molar-refractivity contribution in [3.05, 3.63) is 66.2 Å². The second-order valence-electron chi connectivity index (χ2n) is 4.58. The highest BCUT2D eigenvalue weighted by Gasteiger charge is 2.37. The number of benzene rings is 2. The van der Waals surface area contributed by atoms with Crippen LogP contribution in [0.25, 0.3) is 0 Å². The van der Waals surface area contributed by atoms with E-state index in [9.17, 15) is 13.2 Å². The molecule has 1 amide bonds. The highest BCUT2D eigenvalue weighted by molar-refractivity contribution is 7.62. The molecular weight excluding hydrogens is 304 g/mol. The summed E-state index contributed by atoms with van der Waals surface area (Å²) < 4.78 is 29.8. The molecule has 0 saturated heterocycles. The maximum Gasteiger partial charge on any atom is 0.320 e. The van der Waals surface area contributed by atoms with Crippen molar-refractivity contribution < 1.29 is 17.9 Å². The predicted molar refractivity (Wildman–Crippen MR) is 80.5 cm³/mol. The maximum absolute atomic E-state index is 12.1. The summed E-state index contributed by atoms with van der Waals surface area (Å²) in [5.74, 6) is -0.713. The number of hydrogen-bond acceptors (Lipinski definition) is 5. The summed E-state index contributed by atoms with van der Waals surface area (Å²) in [6.07, 6.45) is -0.0116. The van der Waals surface area contributed by atoms with Crippen LogP contribution in [-0.4, -0.2) is 20.0 Å². The van der Waals surface area contributed by atoms with Crippen LogP contribution in [0.5, 0.6) is 5.75 Å². The zero-order valence-electron chi connectivity index (χ0n) is 11.5. The average molecular weight is 318 g/mol. The molecule has 7 heteroatoms. The lowest BCUT2D eigenvalue weighted by atomic mass is 10.0. The number of rotatable bonds is 5. The maximum atomic E-state index is 12.1. The fourth-order valence-electron chi connectivity index (χ4n) is 1.90. The van der Waals surface area contributed by atoms with Crippen molar-refractivity contribution in [2.75, 3.05) is 0 Å². The van der Waals surface area contributed by atoms with Gasteiger partial charge in [0.05, 0.1) is 0 Å². The largest absolute Gasteiger partial charge is 0.463 e. The molecule has 22 heavy (non-hydrogen) atoms. The predicted octanol–water partition coefficient (Wildman–Crippen LogP) is 1.55. The second kappa shape index (κ2) is 6.97. The van der Waals surface area contributed by atoms with Crippen molar-refractivity contribution in [1.29, 1.82) is 0 Å². The average Bonchev–Trinajstić information content (AvgIpc) is 2.48. The smallest absolute Gasteiger partial charge is 0.320 e. The van der Waals surface area contributed by atoms with Crippen molar-refractivity contribution in [1.82, 2.24) is 0 Å². The molecule has 1 unspecified atom stereocenters. The number of hydrogen-bond donors (Lipinski definition) is 1. The molecule has 6 nitrogen and oxygen atoms in total. The van der Waals surface area contributed by atoms with Gasteiger partial charge in [0, 0.05) is 6.42 Å². The Morgan fingerprint density at radius 1 is 1.05 bits per heavy atom. The van der Waals surface area contributed by atoms with Gasteiger partial charge >= 0.3 is 16.4 Å². The number of carbonyl (C=O) groups is 1. The monoisotopic (exact) mass is 318 g/mol. The summed E-state index contributed by atoms with van der Waals surface area (Å²) in [5.41, 5.74) is 4.84. The Bertz CT molecular complexity index is 724. The van der Waals surface area contributed by atoms with E-state index in [1.165, 1.54) is 0 Å². The van der Waals surface area contributed by atoms with Gasteiger partial charge in [-0.15, -0.1) is 0 Å². The lowest BCUT2D eigenvalue weighted by Crippen LogP contribution is -2.54. The third-order valence-corrected chi connectivity index (χ3v) is 3.19. The first kappa shape index (κ1) is 15.9. The van der Waals surface area contributed by atoms with Gasteiger partial charge in [-0.05, 0) is 17.7 Å². The number of nitrogens with two attached hydrogens (primary N) is 1. The zero-order chi connectivity index (χ0) is 16.0. The SMILES string of the molecule is NC(Cc1ccccc1)(Oc1ccccc1)C(=O)N=S(=O)=O. The molecule has 0 spiro atoms. The number of amides is 1. The molecule has 2 aromatic carbocycles. The fraction of sp³-hybridized carbons (Fsp3) is 0.133. The molecular formula is C15H14N2O4S. The van der Waals surface area contributed by atoms with Gasteiger partial charge in [0.1, 0.15) is 5.75 Å². The first-order valence-corrected chi connectivity index (χ1v) is 7.45. The standard InChI is InChI=1S/C15H14N2O4S/c16-15(14(18)17-22(19)20,11-12-7-3-1-4-8-12)21-13-9-5-2-6-10-13/h1-10H,11,16H2. The minimum absolute atomic E-state index is 0.0116. The molecule has 1 atom stereocenters. The van der Waals surface area contributed by atoms with Crippen molar-refractivity contribution in [3.63, 3.8) is 0 Å². The molecule has 0 radical (unpaired) electrons. The van der Waals surface area contributed by atoms with E-state index in [4.69, 9.17) is 10.5 Å². The van der Waals surface area contributed by atoms with E-state index in [2.05, 4.69) is 4.36 Å². The van der Waals surface area contributed by atoms with E-state index in [1.54, 1.807) is 54.6 Å². The summed E-state index contributed by atoms with van der Waals surface area (Å²) >= 11 is 0. The van der Waals surface area contributed by atoms with Crippen molar-refractivity contribution >= 4 is 16.4 Å². The third-order valence-electron chi connectivity index (χ3n) is 2.87. The number of carbonyl (C=O) groups excluding carboxylic acids is 1. The molecule has 0 aliphatic carbocycles. The molecule has 114 valence electrons. The molecule has 2 aromatic rings. The zero-order valence-corrected chi connectivity index (χ0v) is 12.4. The Balaban J connectivity index is 2.35. The molecule has 0 fully saturated rings. The molecule has 2 rings (SSSR count). The molecule has 2 N–H and O–H groups in total. The van der Waals surface area contributed by atoms with Crippen LogP contribution < -0.4 is 10.5 Å². The minimum atomic E-state index is -2.89. The van der Waals surface area contributed by atoms with Gasteiger partial charge in [-0.25, -0.2) is 0 Å². The van der Waals surface area contributed by atoms with Gasteiger partial charge in [-0.2, -0.15) is 8.42 Å². The number of nitrogens with zero attached hydrogens (tertiary/aromatic N) is 1. The highest BCUT2D eigenvalue weighted by atomic mass is 32.2. The Morgan fingerprint density at radius 3 is 2.14 bits per heavy atom. The number of para-hydroxylation sites is 1. The van der Waals surface area contributed by atoms with Crippen LogP contribution >= 0.6 is 0 Å². The highest BCUT2D eigenvalue weighted by Crippen LogP contribution is 2.20. The second-order valence-corrected chi connectivity index (χ2v) is 5.20. The van der Waals surface area contributed by atoms with Gasteiger partial charge in [-0.1, -0.05) is 52.9 Å². The van der Waals surface area contributed by atoms with Crippen LogP contribution in [0.1, 0.15) is 5.56 Å². The van der Waals surface area contributed by atoms with Crippen molar-refractivity contribution in [2.45, 2.75) is 12.1 Å². The van der Waals surface area contributed by atoms with E-state index < -0.39 is 22.1 Å². The first-order valence-electron chi connectivity index (χ1n) is 6.42. The summed E-state index contributed by atoms with van der Waals surface area (Å²) in [7, 11) is -2.89. The molecule has 0 aliphatic heterocycles. The molecule has 0 bridgehead atoms. The van der Waals surface area contributed by atoms with Gasteiger partial charge in [0.2, 0.25) is 5.72 Å². The minimum Gasteiger partial charge on any atom is -0.463 e. The van der Waals surface area contributed by atoms with E-state index in [-0.39, 0.29) is 6.42 Å². The van der Waals surface area contributed by atoms with Crippen molar-refractivity contribution in [2.24, 2.45) is 10.1 Å². The van der Waals surface area contributed by atoms with Crippen LogP contribution in [0.4, 0.5) is 0 Å². The topological polar surface area (TPSA) is 98.8 Å². The summed E-state index contributed by atoms with van der Waals surface area (Å²) in [6, 6.07) is 17.4. The van der Waals surface area contributed by atoms with E-state index >= 15 is 0 Å². The Kier molecular flexibility index (Phi) is 5.03. The van der Waals surface area contributed by atoms with E-state index in [0.717, 1.165) is 5.56 Å². The van der Waals surface area contributed by atoms with E-state index in [0.29, 0.717) is 5.75 Å². The van der Waals surface area contributed by atoms with Crippen LogP contribution in [0.3, 0.4) is 0 Å². The van der Waals surface area contributed by atoms with Gasteiger partial charge in [0.25, 0.3) is 0 Å². The molecule has 0 aromatic heterocycles. The molecule has 0 saturated carbocycles.